The Hall–Kier alpha value is -1.57. The van der Waals surface area contributed by atoms with Gasteiger partial charge in [-0.2, -0.15) is 0 Å². The summed E-state index contributed by atoms with van der Waals surface area (Å²) in [4.78, 5) is 23.4. The molecule has 0 bridgehead atoms. The van der Waals surface area contributed by atoms with Gasteiger partial charge in [0.15, 0.2) is 0 Å². The summed E-state index contributed by atoms with van der Waals surface area (Å²) in [5.41, 5.74) is 0.729. The number of carboxylic acids is 1. The molecular weight excluding hydrogens is 260 g/mol. The normalized spacial score (nSPS) is 17.9. The Morgan fingerprint density at radius 2 is 2.00 bits per heavy atom. The van der Waals surface area contributed by atoms with Gasteiger partial charge in [0.05, 0.1) is 12.3 Å². The number of hydrogen-bond donors (Lipinski definition) is 2. The first-order valence-corrected chi connectivity index (χ1v) is 6.78. The van der Waals surface area contributed by atoms with Crippen molar-refractivity contribution in [3.8, 4) is 0 Å². The van der Waals surface area contributed by atoms with Crippen molar-refractivity contribution < 1.29 is 15.0 Å². The van der Waals surface area contributed by atoms with Crippen LogP contribution in [0.4, 0.5) is 0 Å². The van der Waals surface area contributed by atoms with Gasteiger partial charge in [0.2, 0.25) is 0 Å². The number of carboxylic acid groups (broad SMARTS) is 1. The average molecular weight is 280 g/mol. The van der Waals surface area contributed by atoms with E-state index in [2.05, 4.69) is 19.8 Å². The fourth-order valence-corrected chi connectivity index (χ4v) is 2.42. The van der Waals surface area contributed by atoms with Crippen LogP contribution in [0.2, 0.25) is 0 Å². The summed E-state index contributed by atoms with van der Waals surface area (Å²) in [6.07, 6.45) is 3.74. The van der Waals surface area contributed by atoms with Gasteiger partial charge >= 0.3 is 5.97 Å². The third-order valence-electron chi connectivity index (χ3n) is 3.50. The quantitative estimate of drug-likeness (QED) is 0.763. The van der Waals surface area contributed by atoms with Crippen LogP contribution < -0.4 is 0 Å². The molecule has 1 aliphatic heterocycles. The Bertz CT molecular complexity index is 455. The van der Waals surface area contributed by atoms with Crippen LogP contribution in [0, 0.1) is 0 Å². The van der Waals surface area contributed by atoms with Crippen LogP contribution in [-0.4, -0.2) is 75.3 Å². The van der Waals surface area contributed by atoms with Gasteiger partial charge in [0, 0.05) is 32.4 Å². The number of aliphatic hydroxyl groups is 1. The molecule has 0 radical (unpaired) electrons. The van der Waals surface area contributed by atoms with Gasteiger partial charge in [-0.15, -0.1) is 0 Å². The lowest BCUT2D eigenvalue weighted by atomic mass is 10.2. The van der Waals surface area contributed by atoms with Crippen molar-refractivity contribution in [3.63, 3.8) is 0 Å². The zero-order valence-corrected chi connectivity index (χ0v) is 11.4. The number of hydrogen-bond acceptors (Lipinski definition) is 6. The number of carbonyl (C=O) groups is 1. The second-order valence-electron chi connectivity index (χ2n) is 4.88. The highest BCUT2D eigenvalue weighted by molar-refractivity contribution is 5.88. The van der Waals surface area contributed by atoms with Crippen molar-refractivity contribution in [2.24, 2.45) is 0 Å². The number of β-amino-alcohol motifs (C(OH)–C–C–N with tert-alkyl or cyclic N) is 1. The largest absolute Gasteiger partial charge is 0.478 e. The molecule has 20 heavy (non-hydrogen) atoms. The smallest absolute Gasteiger partial charge is 0.339 e. The minimum atomic E-state index is -0.989. The van der Waals surface area contributed by atoms with E-state index in [4.69, 9.17) is 10.2 Å². The number of aliphatic hydroxyl groups excluding tert-OH is 1. The molecule has 0 aliphatic carbocycles. The fraction of sp³-hybridized carbons (Fsp3) is 0.615. The second kappa shape index (κ2) is 7.28. The van der Waals surface area contributed by atoms with Gasteiger partial charge in [0.25, 0.3) is 0 Å². The van der Waals surface area contributed by atoms with Crippen molar-refractivity contribution in [3.05, 3.63) is 23.8 Å². The molecule has 1 aromatic rings. The first-order valence-electron chi connectivity index (χ1n) is 6.78. The standard InChI is InChI=1S/C13H20N4O3/c18-7-6-16-2-1-3-17(5-4-16)9-12-11(13(19)20)8-14-10-15-12/h8,10,18H,1-7,9H2,(H,19,20). The molecule has 1 aromatic heterocycles. The lowest BCUT2D eigenvalue weighted by molar-refractivity contribution is 0.0693. The zero-order valence-electron chi connectivity index (χ0n) is 11.4. The van der Waals surface area contributed by atoms with Gasteiger partial charge in [-0.05, 0) is 19.5 Å². The Morgan fingerprint density at radius 1 is 1.25 bits per heavy atom. The van der Waals surface area contributed by atoms with Gasteiger partial charge in [-0.3, -0.25) is 9.80 Å². The Labute approximate surface area is 117 Å². The minimum absolute atomic E-state index is 0.170. The van der Waals surface area contributed by atoms with E-state index in [1.165, 1.54) is 12.5 Å². The zero-order chi connectivity index (χ0) is 14.4. The average Bonchev–Trinajstić information content (AvgIpc) is 2.65. The van der Waals surface area contributed by atoms with Gasteiger partial charge in [-0.25, -0.2) is 14.8 Å². The minimum Gasteiger partial charge on any atom is -0.478 e. The molecule has 7 nitrogen and oxygen atoms in total. The molecule has 1 saturated heterocycles. The van der Waals surface area contributed by atoms with Crippen molar-refractivity contribution in [2.45, 2.75) is 13.0 Å². The molecule has 110 valence electrons. The van der Waals surface area contributed by atoms with E-state index in [9.17, 15) is 4.79 Å². The molecule has 0 atom stereocenters. The SMILES string of the molecule is O=C(O)c1cncnc1CN1CCCN(CCO)CC1. The maximum absolute atomic E-state index is 11.1. The van der Waals surface area contributed by atoms with E-state index in [0.717, 1.165) is 32.6 Å². The van der Waals surface area contributed by atoms with Crippen LogP contribution in [0.25, 0.3) is 0 Å². The van der Waals surface area contributed by atoms with Crippen LogP contribution in [0.3, 0.4) is 0 Å². The van der Waals surface area contributed by atoms with Crippen molar-refractivity contribution in [1.29, 1.82) is 0 Å². The number of rotatable bonds is 5. The van der Waals surface area contributed by atoms with E-state index in [1.807, 2.05) is 0 Å². The Kier molecular flexibility index (Phi) is 5.40. The number of aromatic carboxylic acids is 1. The molecule has 2 rings (SSSR count). The predicted octanol–water partition coefficient (Wildman–Crippen LogP) is -0.325. The van der Waals surface area contributed by atoms with Crippen LogP contribution in [0.1, 0.15) is 22.5 Å². The second-order valence-corrected chi connectivity index (χ2v) is 4.88. The topological polar surface area (TPSA) is 89.8 Å². The van der Waals surface area contributed by atoms with Crippen LogP contribution in [-0.2, 0) is 6.54 Å². The van der Waals surface area contributed by atoms with Crippen molar-refractivity contribution >= 4 is 5.97 Å². The molecule has 0 unspecified atom stereocenters. The highest BCUT2D eigenvalue weighted by atomic mass is 16.4. The molecule has 2 heterocycles. The summed E-state index contributed by atoms with van der Waals surface area (Å²) in [6.45, 7) is 5.00. The maximum Gasteiger partial charge on any atom is 0.339 e. The third kappa shape index (κ3) is 3.96. The van der Waals surface area contributed by atoms with Gasteiger partial charge in [-0.1, -0.05) is 0 Å². The number of aromatic nitrogens is 2. The van der Waals surface area contributed by atoms with E-state index in [-0.39, 0.29) is 12.2 Å². The molecule has 1 aliphatic rings. The van der Waals surface area contributed by atoms with Gasteiger partial charge < -0.3 is 10.2 Å². The fourth-order valence-electron chi connectivity index (χ4n) is 2.42. The third-order valence-corrected chi connectivity index (χ3v) is 3.50. The van der Waals surface area contributed by atoms with Crippen LogP contribution in [0.15, 0.2) is 12.5 Å². The summed E-state index contributed by atoms with van der Waals surface area (Å²) in [6, 6.07) is 0. The Morgan fingerprint density at radius 3 is 2.75 bits per heavy atom. The molecule has 1 fully saturated rings. The molecule has 2 N–H and O–H groups in total. The monoisotopic (exact) mass is 280 g/mol. The highest BCUT2D eigenvalue weighted by Gasteiger charge is 2.18. The van der Waals surface area contributed by atoms with E-state index >= 15 is 0 Å². The van der Waals surface area contributed by atoms with E-state index in [1.54, 1.807) is 0 Å². The summed E-state index contributed by atoms with van der Waals surface area (Å²) < 4.78 is 0. The molecule has 0 amide bonds. The first kappa shape index (κ1) is 14.8. The van der Waals surface area contributed by atoms with E-state index < -0.39 is 5.97 Å². The maximum atomic E-state index is 11.1. The first-order chi connectivity index (χ1) is 9.70. The lowest BCUT2D eigenvalue weighted by Crippen LogP contribution is -2.32. The molecule has 7 heteroatoms. The highest BCUT2D eigenvalue weighted by Crippen LogP contribution is 2.10. The van der Waals surface area contributed by atoms with E-state index in [0.29, 0.717) is 18.8 Å². The Balaban J connectivity index is 1.98. The van der Waals surface area contributed by atoms with Crippen LogP contribution in [0.5, 0.6) is 0 Å². The van der Waals surface area contributed by atoms with Crippen molar-refractivity contribution in [2.75, 3.05) is 39.3 Å². The van der Waals surface area contributed by atoms with Crippen molar-refractivity contribution in [1.82, 2.24) is 19.8 Å². The summed E-state index contributed by atoms with van der Waals surface area (Å²) in [7, 11) is 0. The van der Waals surface area contributed by atoms with Gasteiger partial charge in [0.1, 0.15) is 11.9 Å². The molecule has 0 aromatic carbocycles. The number of nitrogens with zero attached hydrogens (tertiary/aromatic N) is 4. The lowest BCUT2D eigenvalue weighted by Gasteiger charge is -2.21. The summed E-state index contributed by atoms with van der Waals surface area (Å²) >= 11 is 0. The van der Waals surface area contributed by atoms with Crippen LogP contribution >= 0.6 is 0 Å². The predicted molar refractivity (Wildman–Crippen MR) is 72.4 cm³/mol. The molecular formula is C13H20N4O3. The molecule has 0 spiro atoms. The summed E-state index contributed by atoms with van der Waals surface area (Å²) in [5, 5.41) is 18.1. The molecule has 0 saturated carbocycles. The summed E-state index contributed by atoms with van der Waals surface area (Å²) in [5.74, 6) is -0.989.